The summed E-state index contributed by atoms with van der Waals surface area (Å²) in [5.74, 6) is -0.845. The molecule has 0 unspecified atom stereocenters. The topological polar surface area (TPSA) is 107 Å². The van der Waals surface area contributed by atoms with Crippen molar-refractivity contribution in [1.82, 2.24) is 4.72 Å². The van der Waals surface area contributed by atoms with Crippen LogP contribution in [0.15, 0.2) is 77.7 Å². The van der Waals surface area contributed by atoms with E-state index in [1.54, 1.807) is 25.2 Å². The van der Waals surface area contributed by atoms with Gasteiger partial charge in [-0.2, -0.15) is 0 Å². The van der Waals surface area contributed by atoms with E-state index in [0.29, 0.717) is 24.1 Å². The van der Waals surface area contributed by atoms with E-state index in [4.69, 9.17) is 0 Å². The predicted molar refractivity (Wildman–Crippen MR) is 127 cm³/mol. The molecule has 0 spiro atoms. The van der Waals surface area contributed by atoms with Crippen molar-refractivity contribution >= 4 is 27.7 Å². The molecule has 0 heterocycles. The zero-order valence-corrected chi connectivity index (χ0v) is 18.8. The van der Waals surface area contributed by atoms with Crippen LogP contribution < -0.4 is 9.62 Å². The third-order valence-electron chi connectivity index (χ3n) is 5.66. The first-order valence-electron chi connectivity index (χ1n) is 10.4. The molecule has 1 aliphatic rings. The highest BCUT2D eigenvalue weighted by Crippen LogP contribution is 2.26. The number of benzene rings is 3. The van der Waals surface area contributed by atoms with Crippen LogP contribution in [0.25, 0.3) is 6.08 Å². The Hall–Kier alpha value is -3.62. The zero-order chi connectivity index (χ0) is 23.6. The molecule has 3 aromatic carbocycles. The lowest BCUT2D eigenvalue weighted by molar-refractivity contribution is -0.113. The lowest BCUT2D eigenvalue weighted by Crippen LogP contribution is -2.35. The van der Waals surface area contributed by atoms with Crippen molar-refractivity contribution in [2.75, 3.05) is 11.9 Å². The summed E-state index contributed by atoms with van der Waals surface area (Å²) < 4.78 is 28.4. The molecule has 0 aromatic heterocycles. The molecule has 1 amide bonds. The fourth-order valence-corrected chi connectivity index (χ4v) is 5.07. The van der Waals surface area contributed by atoms with Gasteiger partial charge in [0.15, 0.2) is 11.5 Å². The summed E-state index contributed by atoms with van der Waals surface area (Å²) in [7, 11) is -2.11. The van der Waals surface area contributed by atoms with Crippen molar-refractivity contribution in [3.63, 3.8) is 0 Å². The number of amides is 1. The molecule has 3 aromatic rings. The number of hydrogen-bond acceptors (Lipinski definition) is 5. The van der Waals surface area contributed by atoms with Gasteiger partial charge in [-0.05, 0) is 72.0 Å². The van der Waals surface area contributed by atoms with Crippen LogP contribution in [0.3, 0.4) is 0 Å². The number of phenols is 2. The monoisotopic (exact) mass is 464 g/mol. The Labute approximate surface area is 192 Å². The second kappa shape index (κ2) is 9.09. The number of fused-ring (bicyclic) bond motifs is 1. The summed E-state index contributed by atoms with van der Waals surface area (Å²) in [6.45, 7) is 0. The van der Waals surface area contributed by atoms with Gasteiger partial charge in [0, 0.05) is 24.9 Å². The Balaban J connectivity index is 1.41. The van der Waals surface area contributed by atoms with Gasteiger partial charge in [0.25, 0.3) is 5.91 Å². The molecule has 0 saturated carbocycles. The number of aromatic hydroxyl groups is 2. The fourth-order valence-electron chi connectivity index (χ4n) is 3.83. The van der Waals surface area contributed by atoms with E-state index in [1.807, 2.05) is 24.3 Å². The first-order valence-corrected chi connectivity index (χ1v) is 11.9. The van der Waals surface area contributed by atoms with Gasteiger partial charge < -0.3 is 15.1 Å². The maximum absolute atomic E-state index is 12.8. The molecule has 0 fully saturated rings. The number of sulfonamides is 1. The number of carbonyl (C=O) groups excluding carboxylic acids is 1. The summed E-state index contributed by atoms with van der Waals surface area (Å²) in [5, 5.41) is 18.9. The van der Waals surface area contributed by atoms with Crippen molar-refractivity contribution in [1.29, 1.82) is 0 Å². The van der Waals surface area contributed by atoms with Crippen LogP contribution in [-0.4, -0.2) is 37.6 Å². The van der Waals surface area contributed by atoms with Crippen LogP contribution in [0.2, 0.25) is 0 Å². The summed E-state index contributed by atoms with van der Waals surface area (Å²) in [6.07, 6.45) is 4.17. The van der Waals surface area contributed by atoms with Crippen molar-refractivity contribution in [2.45, 2.75) is 23.8 Å². The lowest BCUT2D eigenvalue weighted by atomic mass is 10.1. The van der Waals surface area contributed by atoms with Crippen molar-refractivity contribution < 1.29 is 23.4 Å². The second-order valence-corrected chi connectivity index (χ2v) is 9.68. The molecule has 0 saturated heterocycles. The predicted octanol–water partition coefficient (Wildman–Crippen LogP) is 3.22. The van der Waals surface area contributed by atoms with E-state index in [2.05, 4.69) is 4.72 Å². The number of hydrogen-bond donors (Lipinski definition) is 3. The van der Waals surface area contributed by atoms with Crippen molar-refractivity contribution in [3.05, 3.63) is 89.5 Å². The van der Waals surface area contributed by atoms with Crippen molar-refractivity contribution in [3.8, 4) is 11.5 Å². The minimum atomic E-state index is -3.69. The second-order valence-electron chi connectivity index (χ2n) is 7.97. The fraction of sp³-hybridized carbons (Fsp3) is 0.160. The minimum absolute atomic E-state index is 0.137. The van der Waals surface area contributed by atoms with Crippen molar-refractivity contribution in [2.24, 2.45) is 0 Å². The zero-order valence-electron chi connectivity index (χ0n) is 18.0. The molecule has 33 heavy (non-hydrogen) atoms. The molecule has 8 heteroatoms. The van der Waals surface area contributed by atoms with Crippen LogP contribution in [0.1, 0.15) is 16.7 Å². The van der Waals surface area contributed by atoms with Gasteiger partial charge in [-0.1, -0.05) is 30.3 Å². The van der Waals surface area contributed by atoms with E-state index in [0.717, 1.165) is 11.1 Å². The molecular weight excluding hydrogens is 440 g/mol. The van der Waals surface area contributed by atoms with Gasteiger partial charge in [0.1, 0.15) is 0 Å². The Morgan fingerprint density at radius 2 is 1.61 bits per heavy atom. The Morgan fingerprint density at radius 1 is 0.970 bits per heavy atom. The lowest BCUT2D eigenvalue weighted by Gasteiger charge is -2.17. The molecule has 0 atom stereocenters. The number of anilines is 1. The molecule has 3 N–H and O–H groups in total. The minimum Gasteiger partial charge on any atom is -0.504 e. The summed E-state index contributed by atoms with van der Waals surface area (Å²) in [6, 6.07) is 18.1. The smallest absolute Gasteiger partial charge is 0.250 e. The van der Waals surface area contributed by atoms with Gasteiger partial charge in [-0.3, -0.25) is 4.79 Å². The van der Waals surface area contributed by atoms with Gasteiger partial charge in [0.05, 0.1) is 4.90 Å². The highest BCUT2D eigenvalue weighted by molar-refractivity contribution is 7.89. The van der Waals surface area contributed by atoms with Gasteiger partial charge >= 0.3 is 0 Å². The highest BCUT2D eigenvalue weighted by Gasteiger charge is 2.26. The van der Waals surface area contributed by atoms with Crippen LogP contribution >= 0.6 is 0 Å². The molecule has 0 aliphatic heterocycles. The van der Waals surface area contributed by atoms with E-state index >= 15 is 0 Å². The first-order chi connectivity index (χ1) is 15.7. The average Bonchev–Trinajstić information content (AvgIpc) is 3.20. The molecule has 170 valence electrons. The van der Waals surface area contributed by atoms with Crippen LogP contribution in [0.4, 0.5) is 5.69 Å². The number of likely N-dealkylation sites (N-methyl/N-ethyl adjacent to an activating group) is 1. The number of nitrogens with one attached hydrogen (secondary N) is 1. The van der Waals surface area contributed by atoms with Crippen LogP contribution in [0, 0.1) is 0 Å². The Bertz CT molecular complexity index is 1290. The molecule has 7 nitrogen and oxygen atoms in total. The Kier molecular flexibility index (Phi) is 6.22. The molecule has 0 bridgehead atoms. The number of rotatable bonds is 6. The SMILES string of the molecule is CN(C(=O)/C=C/c1ccc(O)c(O)c1)c1ccc(S(=O)(=O)NC2Cc3ccccc3C2)cc1. The highest BCUT2D eigenvalue weighted by atomic mass is 32.2. The van der Waals surface area contributed by atoms with Crippen LogP contribution in [0.5, 0.6) is 11.5 Å². The molecule has 4 rings (SSSR count). The standard InChI is InChI=1S/C25H24N2O5S/c1-27(25(30)13-7-17-6-12-23(28)24(29)14-17)21-8-10-22(11-9-21)33(31,32)26-20-15-18-4-2-3-5-19(18)16-20/h2-14,20,26,28-29H,15-16H2,1H3/b13-7+. The number of carbonyl (C=O) groups is 1. The summed E-state index contributed by atoms with van der Waals surface area (Å²) >= 11 is 0. The maximum Gasteiger partial charge on any atom is 0.250 e. The largest absolute Gasteiger partial charge is 0.504 e. The average molecular weight is 465 g/mol. The van der Waals surface area contributed by atoms with E-state index in [9.17, 15) is 23.4 Å². The summed E-state index contributed by atoms with van der Waals surface area (Å²) in [4.78, 5) is 14.0. The van der Waals surface area contributed by atoms with Gasteiger partial charge in [0.2, 0.25) is 10.0 Å². The quantitative estimate of drug-likeness (QED) is 0.384. The maximum atomic E-state index is 12.8. The number of nitrogens with zero attached hydrogens (tertiary/aromatic N) is 1. The normalized spacial score (nSPS) is 13.8. The molecular formula is C25H24N2O5S. The van der Waals surface area contributed by atoms with Gasteiger partial charge in [-0.25, -0.2) is 13.1 Å². The number of phenolic OH excluding ortho intramolecular Hbond substituents is 2. The van der Waals surface area contributed by atoms with Crippen LogP contribution in [-0.2, 0) is 27.7 Å². The summed E-state index contributed by atoms with van der Waals surface area (Å²) in [5.41, 5.74) is 3.41. The van der Waals surface area contributed by atoms with E-state index in [-0.39, 0.29) is 28.3 Å². The van der Waals surface area contributed by atoms with E-state index in [1.165, 1.54) is 41.3 Å². The molecule has 0 radical (unpaired) electrons. The first kappa shape index (κ1) is 22.6. The third kappa shape index (κ3) is 5.08. The third-order valence-corrected chi connectivity index (χ3v) is 7.19. The van der Waals surface area contributed by atoms with Gasteiger partial charge in [-0.15, -0.1) is 0 Å². The Morgan fingerprint density at radius 3 is 2.21 bits per heavy atom. The van der Waals surface area contributed by atoms with E-state index < -0.39 is 10.0 Å². The molecule has 1 aliphatic carbocycles.